The molecule has 2 aromatic rings. The third kappa shape index (κ3) is 4.61. The molecule has 1 amide bonds. The van der Waals surface area contributed by atoms with Gasteiger partial charge >= 0.3 is 0 Å². The Kier molecular flexibility index (Phi) is 6.15. The zero-order valence-electron chi connectivity index (χ0n) is 22.4. The van der Waals surface area contributed by atoms with Crippen LogP contribution >= 0.6 is 0 Å². The molecule has 2 aliphatic carbocycles. The molecule has 2 aromatic heterocycles. The van der Waals surface area contributed by atoms with E-state index in [9.17, 15) is 4.79 Å². The van der Waals surface area contributed by atoms with Gasteiger partial charge in [0.15, 0.2) is 0 Å². The molecule has 0 bridgehead atoms. The van der Waals surface area contributed by atoms with Gasteiger partial charge in [0.2, 0.25) is 11.9 Å². The smallest absolute Gasteiger partial charge is 0.246 e. The highest BCUT2D eigenvalue weighted by Gasteiger charge is 2.49. The number of amides is 1. The van der Waals surface area contributed by atoms with E-state index in [-0.39, 0.29) is 23.5 Å². The molecule has 5 aliphatic rings. The number of hydrogen-bond donors (Lipinski definition) is 2. The number of aromatic nitrogens is 3. The van der Waals surface area contributed by atoms with E-state index in [1.165, 1.54) is 32.1 Å². The molecular formula is C30H36N8O. The first-order valence-electron chi connectivity index (χ1n) is 14.4. The lowest BCUT2D eigenvalue weighted by Crippen LogP contribution is -2.69. The number of carbonyl (C=O) groups is 1. The molecule has 7 rings (SSSR count). The Labute approximate surface area is 230 Å². The molecule has 4 fully saturated rings. The minimum atomic E-state index is -0.332. The lowest BCUT2D eigenvalue weighted by molar-refractivity contribution is -0.123. The molecule has 3 aliphatic heterocycles. The second-order valence-corrected chi connectivity index (χ2v) is 11.7. The van der Waals surface area contributed by atoms with Gasteiger partial charge in [0.05, 0.1) is 23.5 Å². The Balaban J connectivity index is 1.08. The fourth-order valence-electron chi connectivity index (χ4n) is 6.78. The van der Waals surface area contributed by atoms with Crippen molar-refractivity contribution < 1.29 is 4.79 Å². The van der Waals surface area contributed by atoms with E-state index in [0.717, 1.165) is 62.0 Å². The number of carbonyl (C=O) groups excluding carboxylic acids is 1. The quantitative estimate of drug-likeness (QED) is 0.577. The van der Waals surface area contributed by atoms with Crippen LogP contribution in [0.1, 0.15) is 50.5 Å². The van der Waals surface area contributed by atoms with Gasteiger partial charge < -0.3 is 20.4 Å². The number of piperazine rings is 2. The van der Waals surface area contributed by atoms with Gasteiger partial charge in [0, 0.05) is 44.5 Å². The summed E-state index contributed by atoms with van der Waals surface area (Å²) in [5.74, 6) is 5.89. The van der Waals surface area contributed by atoms with Crippen LogP contribution in [-0.4, -0.2) is 76.1 Å². The van der Waals surface area contributed by atoms with Gasteiger partial charge in [-0.2, -0.15) is 4.98 Å². The fraction of sp³-hybridized carbons (Fsp3) is 0.533. The Bertz CT molecular complexity index is 1310. The van der Waals surface area contributed by atoms with Gasteiger partial charge in [-0.15, -0.1) is 6.42 Å². The monoisotopic (exact) mass is 524 g/mol. The van der Waals surface area contributed by atoms with Crippen molar-refractivity contribution in [2.45, 2.75) is 62.6 Å². The van der Waals surface area contributed by atoms with E-state index in [1.54, 1.807) is 0 Å². The van der Waals surface area contributed by atoms with Crippen LogP contribution in [0.3, 0.4) is 0 Å². The number of terminal acetylenes is 1. The predicted octanol–water partition coefficient (Wildman–Crippen LogP) is 3.18. The average Bonchev–Trinajstić information content (AvgIpc) is 3.80. The molecule has 9 nitrogen and oxygen atoms in total. The molecule has 2 N–H and O–H groups in total. The summed E-state index contributed by atoms with van der Waals surface area (Å²) in [6.07, 6.45) is 22.0. The van der Waals surface area contributed by atoms with Crippen LogP contribution in [0.5, 0.6) is 0 Å². The molecule has 5 heterocycles. The van der Waals surface area contributed by atoms with Gasteiger partial charge in [0.1, 0.15) is 17.7 Å². The normalized spacial score (nSPS) is 26.0. The predicted molar refractivity (Wildman–Crippen MR) is 153 cm³/mol. The molecule has 0 radical (unpaired) electrons. The molecule has 2 unspecified atom stereocenters. The van der Waals surface area contributed by atoms with Crippen molar-refractivity contribution in [2.24, 2.45) is 5.92 Å². The topological polar surface area (TPSA) is 89.5 Å². The van der Waals surface area contributed by atoms with Gasteiger partial charge in [-0.1, -0.05) is 37.3 Å². The zero-order valence-corrected chi connectivity index (χ0v) is 22.4. The number of fused-ring (bicyclic) bond motifs is 4. The van der Waals surface area contributed by atoms with E-state index in [1.807, 2.05) is 30.6 Å². The van der Waals surface area contributed by atoms with Gasteiger partial charge in [0.25, 0.3) is 0 Å². The summed E-state index contributed by atoms with van der Waals surface area (Å²) in [6, 6.07) is 3.87. The first kappa shape index (κ1) is 24.4. The van der Waals surface area contributed by atoms with Crippen LogP contribution in [0.4, 0.5) is 23.3 Å². The van der Waals surface area contributed by atoms with Gasteiger partial charge in [-0.25, -0.2) is 9.97 Å². The maximum atomic E-state index is 12.8. The maximum absolute atomic E-state index is 12.8. The summed E-state index contributed by atoms with van der Waals surface area (Å²) in [6.45, 7) is 4.56. The van der Waals surface area contributed by atoms with Crippen molar-refractivity contribution in [3.05, 3.63) is 36.2 Å². The Hall–Kier alpha value is -3.64. The van der Waals surface area contributed by atoms with Crippen LogP contribution in [0, 0.1) is 18.3 Å². The SMILES string of the molecule is C#CC1CN(c2ccc(Nc3ncc4c(n3)N3C(C=C4)C(=O)NCC34CCCCC4)nc2)CCN1CC1CC1. The second kappa shape index (κ2) is 9.83. The van der Waals surface area contributed by atoms with Crippen molar-refractivity contribution in [3.63, 3.8) is 0 Å². The van der Waals surface area contributed by atoms with Gasteiger partial charge in [-0.3, -0.25) is 9.69 Å². The number of nitrogens with zero attached hydrogens (tertiary/aromatic N) is 6. The van der Waals surface area contributed by atoms with Crippen LogP contribution in [0.25, 0.3) is 6.08 Å². The van der Waals surface area contributed by atoms with E-state index < -0.39 is 0 Å². The summed E-state index contributed by atoms with van der Waals surface area (Å²) < 4.78 is 0. The summed E-state index contributed by atoms with van der Waals surface area (Å²) in [5, 5.41) is 6.45. The molecule has 1 spiro atoms. The minimum Gasteiger partial charge on any atom is -0.366 e. The van der Waals surface area contributed by atoms with Gasteiger partial charge in [-0.05, 0) is 43.7 Å². The van der Waals surface area contributed by atoms with Crippen molar-refractivity contribution in [3.8, 4) is 12.3 Å². The fourth-order valence-corrected chi connectivity index (χ4v) is 6.78. The number of nitrogens with one attached hydrogen (secondary N) is 2. The van der Waals surface area contributed by atoms with Crippen LogP contribution in [-0.2, 0) is 4.79 Å². The second-order valence-electron chi connectivity index (χ2n) is 11.7. The minimum absolute atomic E-state index is 0.0407. The molecule has 202 valence electrons. The molecule has 2 atom stereocenters. The largest absolute Gasteiger partial charge is 0.366 e. The first-order chi connectivity index (χ1) is 19.1. The number of rotatable bonds is 5. The third-order valence-electron chi connectivity index (χ3n) is 9.14. The number of anilines is 4. The average molecular weight is 525 g/mol. The van der Waals surface area contributed by atoms with Crippen molar-refractivity contribution in [1.29, 1.82) is 0 Å². The van der Waals surface area contributed by atoms with E-state index in [2.05, 4.69) is 47.3 Å². The highest BCUT2D eigenvalue weighted by atomic mass is 16.2. The summed E-state index contributed by atoms with van der Waals surface area (Å²) in [4.78, 5) is 34.1. The Morgan fingerprint density at radius 1 is 1.13 bits per heavy atom. The van der Waals surface area contributed by atoms with Crippen molar-refractivity contribution in [2.75, 3.05) is 47.8 Å². The standard InChI is InChI=1S/C30H36N8O/c1-2-23-19-37(15-14-36(23)18-21-6-7-21)24-9-11-26(31-17-24)34-29-32-16-22-8-10-25-28(39)33-20-30(12-4-3-5-13-30)38(25)27(22)35-29/h1,8-11,16-17,21,23,25H,3-7,12-15,18-20H2,(H,33,39)(H,31,32,34,35). The van der Waals surface area contributed by atoms with Crippen LogP contribution in [0.15, 0.2) is 30.6 Å². The molecule has 2 saturated heterocycles. The summed E-state index contributed by atoms with van der Waals surface area (Å²) in [5.41, 5.74) is 1.93. The third-order valence-corrected chi connectivity index (χ3v) is 9.14. The number of hydrogen-bond acceptors (Lipinski definition) is 8. The first-order valence-corrected chi connectivity index (χ1v) is 14.4. The highest BCUT2D eigenvalue weighted by Crippen LogP contribution is 2.43. The maximum Gasteiger partial charge on any atom is 0.246 e. The summed E-state index contributed by atoms with van der Waals surface area (Å²) in [7, 11) is 0. The van der Waals surface area contributed by atoms with Crippen LogP contribution < -0.4 is 20.4 Å². The molecule has 39 heavy (non-hydrogen) atoms. The lowest BCUT2D eigenvalue weighted by Gasteiger charge is -2.54. The van der Waals surface area contributed by atoms with Crippen molar-refractivity contribution in [1.82, 2.24) is 25.2 Å². The zero-order chi connectivity index (χ0) is 26.4. The molecule has 2 saturated carbocycles. The highest BCUT2D eigenvalue weighted by molar-refractivity contribution is 5.93. The molecule has 0 aromatic carbocycles. The van der Waals surface area contributed by atoms with E-state index >= 15 is 0 Å². The Morgan fingerprint density at radius 3 is 2.77 bits per heavy atom. The lowest BCUT2D eigenvalue weighted by atomic mass is 9.77. The molecular weight excluding hydrogens is 488 g/mol. The van der Waals surface area contributed by atoms with E-state index in [0.29, 0.717) is 18.3 Å². The summed E-state index contributed by atoms with van der Waals surface area (Å²) >= 11 is 0. The van der Waals surface area contributed by atoms with Crippen molar-refractivity contribution >= 4 is 35.3 Å². The Morgan fingerprint density at radius 2 is 2.00 bits per heavy atom. The van der Waals surface area contributed by atoms with Crippen LogP contribution in [0.2, 0.25) is 0 Å². The number of pyridine rings is 1. The van der Waals surface area contributed by atoms with E-state index in [4.69, 9.17) is 11.4 Å². The molecule has 9 heteroatoms.